The first kappa shape index (κ1) is 22.8. The first-order valence-electron chi connectivity index (χ1n) is 10.6. The molecule has 3 aromatic rings. The second-order valence-electron chi connectivity index (χ2n) is 7.81. The summed E-state index contributed by atoms with van der Waals surface area (Å²) in [5.74, 6) is -0.277. The highest BCUT2D eigenvalue weighted by atomic mass is 35.5. The van der Waals surface area contributed by atoms with E-state index in [-0.39, 0.29) is 24.4 Å². The maximum absolute atomic E-state index is 13.5. The number of benzene rings is 2. The Morgan fingerprint density at radius 2 is 1.88 bits per heavy atom. The van der Waals surface area contributed by atoms with Gasteiger partial charge in [0.1, 0.15) is 6.54 Å². The topological polar surface area (TPSA) is 40.6 Å². The molecule has 0 aliphatic carbocycles. The summed E-state index contributed by atoms with van der Waals surface area (Å²) in [4.78, 5) is 31.6. The molecule has 4 nitrogen and oxygen atoms in total. The second-order valence-corrected chi connectivity index (χ2v) is 9.62. The van der Waals surface area contributed by atoms with Gasteiger partial charge in [0.05, 0.1) is 16.1 Å². The number of fused-ring (bicyclic) bond motifs is 1. The Kier molecular flexibility index (Phi) is 7.19. The van der Waals surface area contributed by atoms with Crippen LogP contribution in [0.4, 0.5) is 0 Å². The number of hydrogen-bond donors (Lipinski definition) is 0. The Balaban J connectivity index is 1.60. The van der Waals surface area contributed by atoms with Gasteiger partial charge in [-0.15, -0.1) is 11.3 Å². The molecule has 1 atom stereocenters. The Bertz CT molecular complexity index is 1120. The minimum absolute atomic E-state index is 0.0235. The first-order valence-corrected chi connectivity index (χ1v) is 12.3. The summed E-state index contributed by atoms with van der Waals surface area (Å²) in [5, 5.41) is 2.81. The number of nitrogens with zero attached hydrogens (tertiary/aromatic N) is 2. The van der Waals surface area contributed by atoms with Crippen molar-refractivity contribution in [2.24, 2.45) is 0 Å². The molecule has 166 valence electrons. The summed E-state index contributed by atoms with van der Waals surface area (Å²) in [6, 6.07) is 16.9. The van der Waals surface area contributed by atoms with Crippen molar-refractivity contribution in [2.45, 2.75) is 25.8 Å². The molecule has 1 aliphatic heterocycles. The van der Waals surface area contributed by atoms with E-state index >= 15 is 0 Å². The van der Waals surface area contributed by atoms with Crippen LogP contribution in [0.3, 0.4) is 0 Å². The summed E-state index contributed by atoms with van der Waals surface area (Å²) in [6.45, 7) is 3.13. The van der Waals surface area contributed by atoms with Gasteiger partial charge in [-0.25, -0.2) is 0 Å². The van der Waals surface area contributed by atoms with Crippen LogP contribution in [0.15, 0.2) is 60.0 Å². The number of carbonyl (C=O) groups excluding carboxylic acids is 2. The fourth-order valence-corrected chi connectivity index (χ4v) is 5.37. The zero-order valence-corrected chi connectivity index (χ0v) is 20.1. The van der Waals surface area contributed by atoms with Crippen molar-refractivity contribution < 1.29 is 9.59 Å². The van der Waals surface area contributed by atoms with Crippen LogP contribution in [-0.4, -0.2) is 41.2 Å². The zero-order valence-electron chi connectivity index (χ0n) is 17.8. The van der Waals surface area contributed by atoms with Crippen molar-refractivity contribution in [1.82, 2.24) is 9.80 Å². The van der Waals surface area contributed by atoms with Crippen LogP contribution in [0.1, 0.15) is 45.7 Å². The number of carbonyl (C=O) groups is 2. The maximum Gasteiger partial charge on any atom is 0.254 e. The molecule has 0 N–H and O–H groups in total. The number of thiophene rings is 1. The number of amides is 2. The van der Waals surface area contributed by atoms with Crippen LogP contribution < -0.4 is 0 Å². The molecule has 1 aromatic heterocycles. The third kappa shape index (κ3) is 4.70. The highest BCUT2D eigenvalue weighted by Gasteiger charge is 2.34. The van der Waals surface area contributed by atoms with E-state index in [2.05, 4.69) is 23.6 Å². The predicted octanol–water partition coefficient (Wildman–Crippen LogP) is 6.08. The van der Waals surface area contributed by atoms with E-state index < -0.39 is 0 Å². The van der Waals surface area contributed by atoms with Crippen LogP contribution in [0.5, 0.6) is 0 Å². The lowest BCUT2D eigenvalue weighted by atomic mass is 9.93. The van der Waals surface area contributed by atoms with E-state index in [0.717, 1.165) is 18.4 Å². The molecule has 2 aromatic carbocycles. The number of hydrogen-bond acceptors (Lipinski definition) is 3. The molecule has 2 amide bonds. The van der Waals surface area contributed by atoms with Gasteiger partial charge in [-0.05, 0) is 53.6 Å². The van der Waals surface area contributed by atoms with Gasteiger partial charge in [0.2, 0.25) is 5.91 Å². The van der Waals surface area contributed by atoms with Crippen LogP contribution in [-0.2, 0) is 11.2 Å². The molecule has 0 fully saturated rings. The molecule has 1 unspecified atom stereocenters. The third-order valence-electron chi connectivity index (χ3n) is 5.67. The van der Waals surface area contributed by atoms with Crippen molar-refractivity contribution in [3.05, 3.63) is 91.6 Å². The van der Waals surface area contributed by atoms with Gasteiger partial charge in [0.25, 0.3) is 5.91 Å². The monoisotopic (exact) mass is 486 g/mol. The standard InChI is InChI=1S/C25H24Cl2N2O2S/c1-2-12-28(25(31)18-8-9-20(26)21(27)15-18)16-23(30)29-13-10-22-19(11-14-32-22)24(29)17-6-4-3-5-7-17/h3-9,11,14-15,24H,2,10,12-13,16H2,1H3. The van der Waals surface area contributed by atoms with Gasteiger partial charge in [-0.1, -0.05) is 60.5 Å². The molecule has 32 heavy (non-hydrogen) atoms. The van der Waals surface area contributed by atoms with Crippen LogP contribution in [0.2, 0.25) is 10.0 Å². The summed E-state index contributed by atoms with van der Waals surface area (Å²) >= 11 is 13.9. The minimum Gasteiger partial charge on any atom is -0.330 e. The first-order chi connectivity index (χ1) is 15.5. The lowest BCUT2D eigenvalue weighted by molar-refractivity contribution is -0.134. The van der Waals surface area contributed by atoms with E-state index in [1.54, 1.807) is 34.4 Å². The molecule has 7 heteroatoms. The van der Waals surface area contributed by atoms with Gasteiger partial charge in [-0.3, -0.25) is 9.59 Å². The van der Waals surface area contributed by atoms with E-state index in [4.69, 9.17) is 23.2 Å². The van der Waals surface area contributed by atoms with Crippen molar-refractivity contribution in [2.75, 3.05) is 19.6 Å². The molecule has 0 spiro atoms. The maximum atomic E-state index is 13.5. The van der Waals surface area contributed by atoms with Gasteiger partial charge in [0.15, 0.2) is 0 Å². The Labute approximate surface area is 202 Å². The Hall–Kier alpha value is -2.34. The Morgan fingerprint density at radius 1 is 1.09 bits per heavy atom. The van der Waals surface area contributed by atoms with Gasteiger partial charge >= 0.3 is 0 Å². The summed E-state index contributed by atoms with van der Waals surface area (Å²) in [5.41, 5.74) is 2.69. The van der Waals surface area contributed by atoms with Crippen LogP contribution in [0.25, 0.3) is 0 Å². The average Bonchev–Trinajstić information content (AvgIpc) is 3.29. The van der Waals surface area contributed by atoms with E-state index in [1.165, 1.54) is 10.4 Å². The summed E-state index contributed by atoms with van der Waals surface area (Å²) in [6.07, 6.45) is 1.58. The zero-order chi connectivity index (χ0) is 22.7. The SMILES string of the molecule is CCCN(CC(=O)N1CCc2sccc2C1c1ccccc1)C(=O)c1ccc(Cl)c(Cl)c1. The lowest BCUT2D eigenvalue weighted by Crippen LogP contribution is -2.47. The van der Waals surface area contributed by atoms with Crippen molar-refractivity contribution >= 4 is 46.4 Å². The largest absolute Gasteiger partial charge is 0.330 e. The van der Waals surface area contributed by atoms with Gasteiger partial charge in [-0.2, -0.15) is 0 Å². The van der Waals surface area contributed by atoms with E-state index in [1.807, 2.05) is 30.0 Å². The molecule has 2 heterocycles. The highest BCUT2D eigenvalue weighted by molar-refractivity contribution is 7.10. The molecular formula is C25H24Cl2N2O2S. The summed E-state index contributed by atoms with van der Waals surface area (Å²) < 4.78 is 0. The van der Waals surface area contributed by atoms with E-state index in [9.17, 15) is 9.59 Å². The van der Waals surface area contributed by atoms with Crippen LogP contribution in [0, 0.1) is 0 Å². The highest BCUT2D eigenvalue weighted by Crippen LogP contribution is 2.37. The molecule has 0 radical (unpaired) electrons. The van der Waals surface area contributed by atoms with Crippen LogP contribution >= 0.6 is 34.5 Å². The van der Waals surface area contributed by atoms with Crippen molar-refractivity contribution in [3.63, 3.8) is 0 Å². The second kappa shape index (κ2) is 10.1. The number of halogens is 2. The minimum atomic E-state index is -0.219. The lowest BCUT2D eigenvalue weighted by Gasteiger charge is -2.37. The predicted molar refractivity (Wildman–Crippen MR) is 131 cm³/mol. The molecule has 0 bridgehead atoms. The van der Waals surface area contributed by atoms with Crippen molar-refractivity contribution in [1.29, 1.82) is 0 Å². The third-order valence-corrected chi connectivity index (χ3v) is 7.41. The van der Waals surface area contributed by atoms with Gasteiger partial charge < -0.3 is 9.80 Å². The Morgan fingerprint density at radius 3 is 2.59 bits per heavy atom. The fourth-order valence-electron chi connectivity index (χ4n) is 4.17. The van der Waals surface area contributed by atoms with Crippen molar-refractivity contribution in [3.8, 4) is 0 Å². The fraction of sp³-hybridized carbons (Fsp3) is 0.280. The normalized spacial score (nSPS) is 15.3. The molecular weight excluding hydrogens is 463 g/mol. The van der Waals surface area contributed by atoms with E-state index in [0.29, 0.717) is 28.7 Å². The number of rotatable bonds is 6. The molecule has 0 saturated heterocycles. The summed E-state index contributed by atoms with van der Waals surface area (Å²) in [7, 11) is 0. The van der Waals surface area contributed by atoms with Gasteiger partial charge in [0, 0.05) is 23.5 Å². The quantitative estimate of drug-likeness (QED) is 0.423. The molecule has 1 aliphatic rings. The average molecular weight is 487 g/mol. The smallest absolute Gasteiger partial charge is 0.254 e. The molecule has 0 saturated carbocycles. The molecule has 4 rings (SSSR count).